The van der Waals surface area contributed by atoms with Crippen LogP contribution in [0, 0.1) is 24.7 Å². The van der Waals surface area contributed by atoms with Crippen molar-refractivity contribution in [1.82, 2.24) is 15.6 Å². The first-order chi connectivity index (χ1) is 32.1. The molecule has 0 aliphatic carbocycles. The fourth-order valence-electron chi connectivity index (χ4n) is 6.54. The van der Waals surface area contributed by atoms with E-state index in [2.05, 4.69) is 32.8 Å². The smallest absolute Gasteiger partial charge is 0.261 e. The summed E-state index contributed by atoms with van der Waals surface area (Å²) in [5.41, 5.74) is 4.55. The number of carbonyl (C=O) groups is 2. The molecule has 2 amide bonds. The van der Waals surface area contributed by atoms with Gasteiger partial charge in [0.2, 0.25) is 0 Å². The Bertz CT molecular complexity index is 2450. The molecule has 5 aromatic rings. The van der Waals surface area contributed by atoms with Crippen molar-refractivity contribution in [3.05, 3.63) is 119 Å². The first-order valence-corrected chi connectivity index (χ1v) is 22.9. The molecule has 4 aromatic carbocycles. The van der Waals surface area contributed by atoms with Gasteiger partial charge in [-0.1, -0.05) is 24.3 Å². The number of methoxy groups -OCH3 is 2. The Morgan fingerprint density at radius 1 is 0.742 bits per heavy atom. The zero-order valence-electron chi connectivity index (χ0n) is 37.5. The van der Waals surface area contributed by atoms with Gasteiger partial charge in [-0.25, -0.2) is 8.42 Å². The average Bonchev–Trinajstić information content (AvgIpc) is 3.78. The first-order valence-electron chi connectivity index (χ1n) is 21.5. The van der Waals surface area contributed by atoms with Crippen molar-refractivity contribution >= 4 is 38.4 Å². The molecular weight excluding hydrogens is 871 g/mol. The lowest BCUT2D eigenvalue weighted by atomic mass is 10.0. The third-order valence-corrected chi connectivity index (χ3v) is 11.3. The summed E-state index contributed by atoms with van der Waals surface area (Å²) in [6.07, 6.45) is 5.33. The number of anilines is 1. The maximum absolute atomic E-state index is 13.1. The van der Waals surface area contributed by atoms with Gasteiger partial charge in [0.1, 0.15) is 11.8 Å². The Morgan fingerprint density at radius 3 is 2.02 bits per heavy atom. The number of nitrogens with zero attached hydrogens (tertiary/aromatic N) is 1. The molecule has 1 aromatic heterocycles. The summed E-state index contributed by atoms with van der Waals surface area (Å²) >= 11 is 0. The van der Waals surface area contributed by atoms with Crippen molar-refractivity contribution in [2.24, 2.45) is 0 Å². The van der Waals surface area contributed by atoms with Crippen molar-refractivity contribution < 1.29 is 55.9 Å². The van der Waals surface area contributed by atoms with E-state index < -0.39 is 10.0 Å². The third kappa shape index (κ3) is 16.3. The molecule has 353 valence electrons. The Hall–Kier alpha value is -6.20. The van der Waals surface area contributed by atoms with Gasteiger partial charge in [-0.05, 0) is 97.5 Å². The predicted molar refractivity (Wildman–Crippen MR) is 248 cm³/mol. The van der Waals surface area contributed by atoms with Crippen molar-refractivity contribution in [3.8, 4) is 23.3 Å². The van der Waals surface area contributed by atoms with E-state index in [1.807, 2.05) is 49.4 Å². The first kappa shape index (κ1) is 50.8. The maximum atomic E-state index is 13.1. The van der Waals surface area contributed by atoms with E-state index in [1.165, 1.54) is 24.3 Å². The molecule has 4 N–H and O–H groups in total. The number of ether oxygens (including phenoxy) is 8. The van der Waals surface area contributed by atoms with Gasteiger partial charge in [-0.2, -0.15) is 5.26 Å². The van der Waals surface area contributed by atoms with Crippen LogP contribution >= 0.6 is 0 Å². The summed E-state index contributed by atoms with van der Waals surface area (Å²) < 4.78 is 72.7. The molecule has 0 unspecified atom stereocenters. The molecule has 5 rings (SSSR count). The number of hydrogen-bond acceptors (Lipinski definition) is 13. The van der Waals surface area contributed by atoms with Gasteiger partial charge in [0.05, 0.1) is 102 Å². The summed E-state index contributed by atoms with van der Waals surface area (Å²) in [6.45, 7) is 6.03. The molecule has 0 aliphatic heterocycles. The Balaban J connectivity index is 0.792. The minimum Gasteiger partial charge on any atom is -0.493 e. The largest absolute Gasteiger partial charge is 0.493 e. The number of amides is 2. The Kier molecular flexibility index (Phi) is 21.0. The summed E-state index contributed by atoms with van der Waals surface area (Å²) in [7, 11) is -0.728. The monoisotopic (exact) mass is 928 g/mol. The van der Waals surface area contributed by atoms with E-state index in [0.29, 0.717) is 111 Å². The lowest BCUT2D eigenvalue weighted by molar-refractivity contribution is -0.123. The highest BCUT2D eigenvalue weighted by molar-refractivity contribution is 7.92. The number of fused-ring (bicyclic) bond motifs is 1. The van der Waals surface area contributed by atoms with Gasteiger partial charge in [0, 0.05) is 30.2 Å². The van der Waals surface area contributed by atoms with Gasteiger partial charge in [-0.15, -0.1) is 0 Å². The van der Waals surface area contributed by atoms with Crippen LogP contribution in [0.3, 0.4) is 0 Å². The number of sulfonamides is 1. The van der Waals surface area contributed by atoms with Crippen LogP contribution in [-0.4, -0.2) is 125 Å². The van der Waals surface area contributed by atoms with Crippen molar-refractivity contribution in [2.45, 2.75) is 24.7 Å². The Labute approximate surface area is 386 Å². The zero-order valence-corrected chi connectivity index (χ0v) is 38.3. The molecule has 0 spiro atoms. The summed E-state index contributed by atoms with van der Waals surface area (Å²) in [5, 5.41) is 15.6. The van der Waals surface area contributed by atoms with Gasteiger partial charge in [0.25, 0.3) is 21.8 Å². The number of carbonyl (C=O) groups excluding carboxylic acids is 2. The van der Waals surface area contributed by atoms with Gasteiger partial charge >= 0.3 is 0 Å². The van der Waals surface area contributed by atoms with Crippen LogP contribution in [0.2, 0.25) is 0 Å². The molecule has 17 nitrogen and oxygen atoms in total. The lowest BCUT2D eigenvalue weighted by Gasteiger charge is -2.11. The molecule has 0 aliphatic rings. The second-order valence-corrected chi connectivity index (χ2v) is 16.3. The molecule has 1 radical (unpaired) electrons. The quantitative estimate of drug-likeness (QED) is 0.0413. The van der Waals surface area contributed by atoms with Crippen LogP contribution in [-0.2, 0) is 44.9 Å². The van der Waals surface area contributed by atoms with Crippen LogP contribution in [0.4, 0.5) is 5.69 Å². The standard InChI is InChI=1S/C48H58N5O12S/c1-35-10-16-42(47-46(35)39(32-49)33-52-47)53-66(56,57)41-14-12-38(13-15-41)48(55)51-19-21-61-23-25-63-27-29-64-28-26-62-24-22-60-20-18-50-45(54)34-65-40-9-5-8-36(30-40)6-4-7-37-11-17-43(58-2)44(31-37)59-3/h5-6,8-17,30-31,33,52-53H,4,7,18-29,34H2,1-3H3,(H,50,54)(H,51,55). The van der Waals surface area contributed by atoms with Crippen LogP contribution in [0.1, 0.15) is 39.0 Å². The molecule has 18 heteroatoms. The van der Waals surface area contributed by atoms with E-state index in [-0.39, 0.29) is 36.5 Å². The minimum atomic E-state index is -3.97. The number of aryl methyl sites for hydroxylation is 2. The fraction of sp³-hybridized carbons (Fsp3) is 0.375. The SMILES string of the molecule is COc1ccc(CC[CH]c2cccc(OCC(=O)NCCOCCOCCOCCOCCOCCNC(=O)c3ccc(S(=O)(=O)Nc4ccc(C)c5c(C#N)c[nH]c45)cc3)c2)cc1OC. The van der Waals surface area contributed by atoms with Crippen LogP contribution in [0.5, 0.6) is 17.2 Å². The summed E-state index contributed by atoms with van der Waals surface area (Å²) in [4.78, 5) is 27.8. The summed E-state index contributed by atoms with van der Waals surface area (Å²) in [6, 6.07) is 24.6. The highest BCUT2D eigenvalue weighted by atomic mass is 32.2. The second-order valence-electron chi connectivity index (χ2n) is 14.6. The maximum Gasteiger partial charge on any atom is 0.261 e. The van der Waals surface area contributed by atoms with Crippen molar-refractivity contribution in [3.63, 3.8) is 0 Å². The van der Waals surface area contributed by atoms with Crippen LogP contribution < -0.4 is 29.6 Å². The molecular formula is C48H58N5O12S. The Morgan fingerprint density at radius 2 is 1.38 bits per heavy atom. The van der Waals surface area contributed by atoms with Gasteiger partial charge in [0.15, 0.2) is 18.1 Å². The molecule has 0 atom stereocenters. The van der Waals surface area contributed by atoms with Crippen LogP contribution in [0.25, 0.3) is 10.9 Å². The van der Waals surface area contributed by atoms with E-state index in [1.54, 1.807) is 32.5 Å². The van der Waals surface area contributed by atoms with Crippen LogP contribution in [0.15, 0.2) is 90.0 Å². The normalized spacial score (nSPS) is 11.2. The fourth-order valence-corrected chi connectivity index (χ4v) is 7.61. The highest BCUT2D eigenvalue weighted by Crippen LogP contribution is 2.31. The number of H-pyrrole nitrogens is 1. The van der Waals surface area contributed by atoms with E-state index in [4.69, 9.17) is 37.9 Å². The number of hydrogen-bond donors (Lipinski definition) is 4. The topological polar surface area (TPSA) is 218 Å². The van der Waals surface area contributed by atoms with E-state index in [9.17, 15) is 23.3 Å². The molecule has 66 heavy (non-hydrogen) atoms. The molecule has 0 saturated heterocycles. The predicted octanol–water partition coefficient (Wildman–Crippen LogP) is 5.36. The number of nitriles is 1. The third-order valence-electron chi connectivity index (χ3n) is 9.91. The highest BCUT2D eigenvalue weighted by Gasteiger charge is 2.19. The van der Waals surface area contributed by atoms with Crippen molar-refractivity contribution in [2.75, 3.05) is 105 Å². The number of aromatic amines is 1. The number of nitrogens with one attached hydrogen (secondary N) is 4. The molecule has 0 fully saturated rings. The lowest BCUT2D eigenvalue weighted by Crippen LogP contribution is -2.31. The summed E-state index contributed by atoms with van der Waals surface area (Å²) in [5.74, 6) is 1.42. The second kappa shape index (κ2) is 27.3. The molecule has 0 bridgehead atoms. The van der Waals surface area contributed by atoms with E-state index >= 15 is 0 Å². The average molecular weight is 929 g/mol. The number of benzene rings is 4. The molecule has 0 saturated carbocycles. The molecule has 1 heterocycles. The number of aromatic nitrogens is 1. The van der Waals surface area contributed by atoms with E-state index in [0.717, 1.165) is 29.5 Å². The number of rotatable bonds is 31. The van der Waals surface area contributed by atoms with Gasteiger partial charge < -0.3 is 53.5 Å². The van der Waals surface area contributed by atoms with Crippen molar-refractivity contribution in [1.29, 1.82) is 5.26 Å². The minimum absolute atomic E-state index is 0.0166. The van der Waals surface area contributed by atoms with Gasteiger partial charge in [-0.3, -0.25) is 14.3 Å². The zero-order chi connectivity index (χ0) is 47.0.